The molecule has 0 aliphatic rings. The predicted molar refractivity (Wildman–Crippen MR) is 79.0 cm³/mol. The Morgan fingerprint density at radius 2 is 1.90 bits per heavy atom. The first kappa shape index (κ1) is 15.1. The highest BCUT2D eigenvalue weighted by Gasteiger charge is 2.13. The molecule has 0 fully saturated rings. The molecule has 2 nitrogen and oxygen atoms in total. The second kappa shape index (κ2) is 6.43. The van der Waals surface area contributed by atoms with Gasteiger partial charge < -0.3 is 0 Å². The van der Waals surface area contributed by atoms with Crippen LogP contribution in [-0.2, 0) is 6.42 Å². The van der Waals surface area contributed by atoms with E-state index in [4.69, 9.17) is 5.84 Å². The van der Waals surface area contributed by atoms with Crippen LogP contribution in [0, 0.1) is 18.6 Å². The lowest BCUT2D eigenvalue weighted by atomic mass is 9.98. The molecule has 0 radical (unpaired) electrons. The summed E-state index contributed by atoms with van der Waals surface area (Å²) in [5.74, 6) is 3.89. The SMILES string of the molecule is Cc1cc(C(Cc2ccc(F)c(F)c2)NN)ccc1Br. The van der Waals surface area contributed by atoms with E-state index in [1.807, 2.05) is 25.1 Å². The fourth-order valence-corrected chi connectivity index (χ4v) is 2.31. The van der Waals surface area contributed by atoms with Crippen LogP contribution in [0.25, 0.3) is 0 Å². The van der Waals surface area contributed by atoms with Crippen LogP contribution >= 0.6 is 15.9 Å². The van der Waals surface area contributed by atoms with Gasteiger partial charge in [-0.05, 0) is 48.2 Å². The fraction of sp³-hybridized carbons (Fsp3) is 0.200. The molecule has 5 heteroatoms. The second-order valence-electron chi connectivity index (χ2n) is 4.68. The number of rotatable bonds is 4. The van der Waals surface area contributed by atoms with E-state index < -0.39 is 11.6 Å². The minimum absolute atomic E-state index is 0.160. The minimum atomic E-state index is -0.842. The molecule has 1 unspecified atom stereocenters. The summed E-state index contributed by atoms with van der Waals surface area (Å²) in [6, 6.07) is 9.63. The number of aryl methyl sites for hydroxylation is 1. The van der Waals surface area contributed by atoms with Gasteiger partial charge >= 0.3 is 0 Å². The lowest BCUT2D eigenvalue weighted by Crippen LogP contribution is -2.29. The Morgan fingerprint density at radius 1 is 1.15 bits per heavy atom. The third kappa shape index (κ3) is 3.42. The highest BCUT2D eigenvalue weighted by Crippen LogP contribution is 2.24. The number of benzene rings is 2. The molecular weight excluding hydrogens is 326 g/mol. The topological polar surface area (TPSA) is 38.0 Å². The van der Waals surface area contributed by atoms with Gasteiger partial charge in [-0.1, -0.05) is 34.1 Å². The third-order valence-electron chi connectivity index (χ3n) is 3.21. The van der Waals surface area contributed by atoms with E-state index in [0.717, 1.165) is 21.7 Å². The van der Waals surface area contributed by atoms with Crippen molar-refractivity contribution >= 4 is 15.9 Å². The largest absolute Gasteiger partial charge is 0.271 e. The molecule has 106 valence electrons. The number of halogens is 3. The van der Waals surface area contributed by atoms with Crippen LogP contribution in [0.3, 0.4) is 0 Å². The number of hydrogen-bond acceptors (Lipinski definition) is 2. The van der Waals surface area contributed by atoms with Crippen molar-refractivity contribution in [1.29, 1.82) is 0 Å². The van der Waals surface area contributed by atoms with Crippen LogP contribution in [0.1, 0.15) is 22.7 Å². The van der Waals surface area contributed by atoms with Crippen molar-refractivity contribution < 1.29 is 8.78 Å². The zero-order valence-corrected chi connectivity index (χ0v) is 12.5. The van der Waals surface area contributed by atoms with Crippen molar-refractivity contribution in [2.24, 2.45) is 5.84 Å². The van der Waals surface area contributed by atoms with Crippen LogP contribution in [0.4, 0.5) is 8.78 Å². The van der Waals surface area contributed by atoms with E-state index in [1.54, 1.807) is 6.07 Å². The fourth-order valence-electron chi connectivity index (χ4n) is 2.06. The molecule has 2 aromatic carbocycles. The third-order valence-corrected chi connectivity index (χ3v) is 4.10. The molecule has 2 rings (SSSR count). The molecule has 3 N–H and O–H groups in total. The highest BCUT2D eigenvalue weighted by molar-refractivity contribution is 9.10. The molecule has 2 aromatic rings. The van der Waals surface area contributed by atoms with Crippen molar-refractivity contribution in [3.63, 3.8) is 0 Å². The Hall–Kier alpha value is -1.30. The summed E-state index contributed by atoms with van der Waals surface area (Å²) < 4.78 is 27.2. The summed E-state index contributed by atoms with van der Waals surface area (Å²) in [7, 11) is 0. The zero-order chi connectivity index (χ0) is 14.7. The van der Waals surface area contributed by atoms with E-state index >= 15 is 0 Å². The molecule has 0 aliphatic heterocycles. The van der Waals surface area contributed by atoms with Crippen LogP contribution in [-0.4, -0.2) is 0 Å². The van der Waals surface area contributed by atoms with Crippen molar-refractivity contribution in [3.05, 3.63) is 69.2 Å². The average molecular weight is 341 g/mol. The van der Waals surface area contributed by atoms with Crippen molar-refractivity contribution in [1.82, 2.24) is 5.43 Å². The lowest BCUT2D eigenvalue weighted by Gasteiger charge is -2.17. The van der Waals surface area contributed by atoms with Crippen LogP contribution in [0.5, 0.6) is 0 Å². The van der Waals surface area contributed by atoms with E-state index in [-0.39, 0.29) is 6.04 Å². The first-order chi connectivity index (χ1) is 9.51. The average Bonchev–Trinajstić information content (AvgIpc) is 2.43. The lowest BCUT2D eigenvalue weighted by molar-refractivity contribution is 0.502. The number of nitrogens with two attached hydrogens (primary N) is 1. The number of hydrogen-bond donors (Lipinski definition) is 2. The monoisotopic (exact) mass is 340 g/mol. The molecule has 0 spiro atoms. The van der Waals surface area contributed by atoms with E-state index in [1.165, 1.54) is 6.07 Å². The summed E-state index contributed by atoms with van der Waals surface area (Å²) in [4.78, 5) is 0. The Balaban J connectivity index is 2.23. The second-order valence-corrected chi connectivity index (χ2v) is 5.53. The Bertz CT molecular complexity index is 617. The van der Waals surface area contributed by atoms with Gasteiger partial charge in [-0.25, -0.2) is 8.78 Å². The van der Waals surface area contributed by atoms with Crippen LogP contribution in [0.2, 0.25) is 0 Å². The minimum Gasteiger partial charge on any atom is -0.271 e. The van der Waals surface area contributed by atoms with Gasteiger partial charge in [0.05, 0.1) is 0 Å². The maximum atomic E-state index is 13.2. The first-order valence-corrected chi connectivity index (χ1v) is 6.96. The van der Waals surface area contributed by atoms with Crippen molar-refractivity contribution in [2.45, 2.75) is 19.4 Å². The van der Waals surface area contributed by atoms with Gasteiger partial charge in [-0.2, -0.15) is 0 Å². The molecule has 1 atom stereocenters. The van der Waals surface area contributed by atoms with Gasteiger partial charge in [-0.3, -0.25) is 11.3 Å². The summed E-state index contributed by atoms with van der Waals surface area (Å²) >= 11 is 3.44. The standard InChI is InChI=1S/C15H15BrF2N2/c1-9-6-11(3-4-12(9)16)15(20-19)8-10-2-5-13(17)14(18)7-10/h2-7,15,20H,8,19H2,1H3. The molecule has 0 saturated carbocycles. The van der Waals surface area contributed by atoms with Gasteiger partial charge in [-0.15, -0.1) is 0 Å². The Kier molecular flexibility index (Phi) is 4.86. The molecule has 0 amide bonds. The van der Waals surface area contributed by atoms with Gasteiger partial charge in [0.1, 0.15) is 0 Å². The first-order valence-electron chi connectivity index (χ1n) is 6.17. The molecule has 0 saturated heterocycles. The van der Waals surface area contributed by atoms with Crippen molar-refractivity contribution in [2.75, 3.05) is 0 Å². The van der Waals surface area contributed by atoms with E-state index in [2.05, 4.69) is 21.4 Å². The van der Waals surface area contributed by atoms with Crippen LogP contribution < -0.4 is 11.3 Å². The molecule has 0 bridgehead atoms. The smallest absolute Gasteiger partial charge is 0.159 e. The number of hydrazine groups is 1. The molecule has 0 heterocycles. The maximum absolute atomic E-state index is 13.2. The van der Waals surface area contributed by atoms with Crippen LogP contribution in [0.15, 0.2) is 40.9 Å². The van der Waals surface area contributed by atoms with Gasteiger partial charge in [0, 0.05) is 10.5 Å². The summed E-state index contributed by atoms with van der Waals surface area (Å²) in [5, 5.41) is 0. The Labute approximate surface area is 125 Å². The normalized spacial score (nSPS) is 12.4. The predicted octanol–water partition coefficient (Wildman–Crippen LogP) is 3.78. The summed E-state index contributed by atoms with van der Waals surface area (Å²) in [6.45, 7) is 1.98. The van der Waals surface area contributed by atoms with Crippen molar-refractivity contribution in [3.8, 4) is 0 Å². The molecule has 20 heavy (non-hydrogen) atoms. The summed E-state index contributed by atoms with van der Waals surface area (Å²) in [5.41, 5.74) is 5.49. The quantitative estimate of drug-likeness (QED) is 0.656. The van der Waals surface area contributed by atoms with Gasteiger partial charge in [0.25, 0.3) is 0 Å². The van der Waals surface area contributed by atoms with E-state index in [9.17, 15) is 8.78 Å². The van der Waals surface area contributed by atoms with Gasteiger partial charge in [0.15, 0.2) is 11.6 Å². The van der Waals surface area contributed by atoms with Gasteiger partial charge in [0.2, 0.25) is 0 Å². The highest BCUT2D eigenvalue weighted by atomic mass is 79.9. The molecule has 0 aromatic heterocycles. The Morgan fingerprint density at radius 3 is 2.50 bits per heavy atom. The zero-order valence-electron chi connectivity index (χ0n) is 11.0. The maximum Gasteiger partial charge on any atom is 0.159 e. The molecule has 0 aliphatic carbocycles. The summed E-state index contributed by atoms with van der Waals surface area (Å²) in [6.07, 6.45) is 0.481. The number of nitrogens with one attached hydrogen (secondary N) is 1. The van der Waals surface area contributed by atoms with E-state index in [0.29, 0.717) is 12.0 Å². The molecular formula is C15H15BrF2N2.